The van der Waals surface area contributed by atoms with Crippen molar-refractivity contribution in [1.29, 1.82) is 0 Å². The van der Waals surface area contributed by atoms with E-state index in [0.29, 0.717) is 17.5 Å². The molecule has 0 radical (unpaired) electrons. The minimum Gasteiger partial charge on any atom is -0.309 e. The number of aromatic nitrogens is 4. The Labute approximate surface area is 325 Å². The van der Waals surface area contributed by atoms with Gasteiger partial charge in [-0.3, -0.25) is 0 Å². The minimum atomic E-state index is -0.589. The molecule has 0 N–H and O–H groups in total. The predicted molar refractivity (Wildman–Crippen MR) is 228 cm³/mol. The summed E-state index contributed by atoms with van der Waals surface area (Å²) in [5, 5.41) is 2.51. The fourth-order valence-corrected chi connectivity index (χ4v) is 8.94. The maximum Gasteiger partial charge on any atom is 0.164 e. The second-order valence-electron chi connectivity index (χ2n) is 14.3. The molecule has 1 atom stereocenters. The summed E-state index contributed by atoms with van der Waals surface area (Å²) < 4.78 is 2.47. The molecule has 1 aliphatic rings. The Balaban J connectivity index is 1.14. The lowest BCUT2D eigenvalue weighted by Gasteiger charge is -2.41. The molecule has 0 aliphatic carbocycles. The van der Waals surface area contributed by atoms with Crippen LogP contribution >= 0.6 is 0 Å². The number of benzene rings is 8. The SMILES string of the molecule is c1ccc(-c2nc(-c3ccc(C4(c5ccccc5)c5ccccc5-n5c6ccccc6c6cccc4c65)cc3)nc(-c3ccccc3-c3ccccc3)n2)cc1. The van der Waals surface area contributed by atoms with Gasteiger partial charge in [-0.05, 0) is 45.5 Å². The summed E-state index contributed by atoms with van der Waals surface area (Å²) in [7, 11) is 0. The molecule has 4 nitrogen and oxygen atoms in total. The zero-order valence-electron chi connectivity index (χ0n) is 30.4. The highest BCUT2D eigenvalue weighted by Crippen LogP contribution is 2.54. The van der Waals surface area contributed by atoms with Crippen LogP contribution in [0.5, 0.6) is 0 Å². The van der Waals surface area contributed by atoms with Crippen molar-refractivity contribution in [2.75, 3.05) is 0 Å². The number of fused-ring (bicyclic) bond motifs is 5. The monoisotopic (exact) mass is 714 g/mol. The quantitative estimate of drug-likeness (QED) is 0.172. The molecule has 0 fully saturated rings. The highest BCUT2D eigenvalue weighted by molar-refractivity contribution is 6.12. The second-order valence-corrected chi connectivity index (χ2v) is 14.3. The maximum atomic E-state index is 5.20. The van der Waals surface area contributed by atoms with Gasteiger partial charge in [0, 0.05) is 27.5 Å². The Kier molecular flexibility index (Phi) is 7.36. The predicted octanol–water partition coefficient (Wildman–Crippen LogP) is 12.3. The van der Waals surface area contributed by atoms with Gasteiger partial charge in [-0.2, -0.15) is 0 Å². The number of rotatable bonds is 6. The Morgan fingerprint density at radius 1 is 0.339 bits per heavy atom. The van der Waals surface area contributed by atoms with Crippen LogP contribution in [0.3, 0.4) is 0 Å². The molecular weight excluding hydrogens is 681 g/mol. The summed E-state index contributed by atoms with van der Waals surface area (Å²) in [4.78, 5) is 15.4. The van der Waals surface area contributed by atoms with E-state index in [1.54, 1.807) is 0 Å². The lowest BCUT2D eigenvalue weighted by atomic mass is 9.63. The van der Waals surface area contributed by atoms with Crippen molar-refractivity contribution in [2.45, 2.75) is 5.41 Å². The van der Waals surface area contributed by atoms with Crippen LogP contribution in [0, 0.1) is 0 Å². The van der Waals surface area contributed by atoms with Gasteiger partial charge >= 0.3 is 0 Å². The molecule has 10 aromatic rings. The van der Waals surface area contributed by atoms with E-state index in [9.17, 15) is 0 Å². The molecule has 0 saturated carbocycles. The number of para-hydroxylation sites is 3. The second kappa shape index (κ2) is 12.9. The molecule has 3 heterocycles. The Morgan fingerprint density at radius 3 is 1.61 bits per heavy atom. The number of nitrogens with zero attached hydrogens (tertiary/aromatic N) is 4. The van der Waals surface area contributed by atoms with Gasteiger partial charge in [0.15, 0.2) is 17.5 Å². The molecule has 0 saturated heterocycles. The van der Waals surface area contributed by atoms with Crippen LogP contribution < -0.4 is 0 Å². The first-order chi connectivity index (χ1) is 27.8. The molecule has 262 valence electrons. The summed E-state index contributed by atoms with van der Waals surface area (Å²) in [6.07, 6.45) is 0. The van der Waals surface area contributed by atoms with E-state index < -0.39 is 5.41 Å². The lowest BCUT2D eigenvalue weighted by molar-refractivity contribution is 0.728. The third-order valence-corrected chi connectivity index (χ3v) is 11.4. The third kappa shape index (κ3) is 4.83. The van der Waals surface area contributed by atoms with Crippen molar-refractivity contribution >= 4 is 21.8 Å². The van der Waals surface area contributed by atoms with Crippen LogP contribution in [-0.4, -0.2) is 19.5 Å². The Morgan fingerprint density at radius 2 is 0.857 bits per heavy atom. The molecule has 8 aromatic carbocycles. The fourth-order valence-electron chi connectivity index (χ4n) is 8.94. The van der Waals surface area contributed by atoms with Gasteiger partial charge in [0.2, 0.25) is 0 Å². The summed E-state index contributed by atoms with van der Waals surface area (Å²) in [5.74, 6) is 1.90. The van der Waals surface area contributed by atoms with Gasteiger partial charge in [-0.1, -0.05) is 194 Å². The molecule has 0 bridgehead atoms. The minimum absolute atomic E-state index is 0.589. The van der Waals surface area contributed by atoms with Gasteiger partial charge in [0.05, 0.1) is 22.1 Å². The van der Waals surface area contributed by atoms with Crippen LogP contribution in [0.1, 0.15) is 22.3 Å². The molecule has 0 spiro atoms. The summed E-state index contributed by atoms with van der Waals surface area (Å²) in [6, 6.07) is 73.3. The maximum absolute atomic E-state index is 5.20. The number of hydrogen-bond donors (Lipinski definition) is 0. The van der Waals surface area contributed by atoms with Crippen molar-refractivity contribution in [3.63, 3.8) is 0 Å². The molecule has 0 amide bonds. The van der Waals surface area contributed by atoms with Gasteiger partial charge in [0.25, 0.3) is 0 Å². The van der Waals surface area contributed by atoms with Crippen molar-refractivity contribution in [2.24, 2.45) is 0 Å². The highest BCUT2D eigenvalue weighted by atomic mass is 15.0. The first-order valence-electron chi connectivity index (χ1n) is 19.0. The molecule has 11 rings (SSSR count). The third-order valence-electron chi connectivity index (χ3n) is 11.4. The number of hydrogen-bond acceptors (Lipinski definition) is 3. The van der Waals surface area contributed by atoms with Crippen molar-refractivity contribution < 1.29 is 0 Å². The van der Waals surface area contributed by atoms with Crippen LogP contribution in [0.25, 0.3) is 72.8 Å². The average molecular weight is 715 g/mol. The molecule has 1 unspecified atom stereocenters. The van der Waals surface area contributed by atoms with Crippen LogP contribution in [0.4, 0.5) is 0 Å². The first-order valence-corrected chi connectivity index (χ1v) is 19.0. The van der Waals surface area contributed by atoms with Gasteiger partial charge in [-0.25, -0.2) is 15.0 Å². The molecule has 2 aromatic heterocycles. The average Bonchev–Trinajstić information content (AvgIpc) is 3.63. The summed E-state index contributed by atoms with van der Waals surface area (Å²) >= 11 is 0. The van der Waals surface area contributed by atoms with E-state index >= 15 is 0 Å². The van der Waals surface area contributed by atoms with Crippen molar-refractivity contribution in [1.82, 2.24) is 19.5 Å². The van der Waals surface area contributed by atoms with E-state index in [0.717, 1.165) is 27.8 Å². The van der Waals surface area contributed by atoms with E-state index in [4.69, 9.17) is 15.0 Å². The van der Waals surface area contributed by atoms with E-state index in [1.807, 2.05) is 30.3 Å². The zero-order valence-corrected chi connectivity index (χ0v) is 30.4. The van der Waals surface area contributed by atoms with E-state index in [1.165, 1.54) is 49.7 Å². The van der Waals surface area contributed by atoms with Gasteiger partial charge in [0.1, 0.15) is 0 Å². The fraction of sp³-hybridized carbons (Fsp3) is 0.0192. The molecule has 1 aliphatic heterocycles. The Hall–Kier alpha value is -7.43. The zero-order chi connectivity index (χ0) is 37.1. The molecule has 4 heteroatoms. The summed E-state index contributed by atoms with van der Waals surface area (Å²) in [5.41, 5.74) is 13.0. The van der Waals surface area contributed by atoms with Gasteiger partial charge in [-0.15, -0.1) is 0 Å². The van der Waals surface area contributed by atoms with Crippen LogP contribution in [-0.2, 0) is 5.41 Å². The highest BCUT2D eigenvalue weighted by Gasteiger charge is 2.45. The topological polar surface area (TPSA) is 43.6 Å². The molecule has 56 heavy (non-hydrogen) atoms. The summed E-state index contributed by atoms with van der Waals surface area (Å²) in [6.45, 7) is 0. The smallest absolute Gasteiger partial charge is 0.164 e. The van der Waals surface area contributed by atoms with Crippen LogP contribution in [0.15, 0.2) is 206 Å². The van der Waals surface area contributed by atoms with Crippen LogP contribution in [0.2, 0.25) is 0 Å². The Bertz CT molecular complexity index is 3060. The first kappa shape index (κ1) is 32.0. The lowest BCUT2D eigenvalue weighted by Crippen LogP contribution is -2.35. The normalized spacial score (nSPS) is 14.5. The van der Waals surface area contributed by atoms with E-state index in [2.05, 4.69) is 180 Å². The largest absolute Gasteiger partial charge is 0.309 e. The van der Waals surface area contributed by atoms with E-state index in [-0.39, 0.29) is 0 Å². The van der Waals surface area contributed by atoms with Crippen molar-refractivity contribution in [3.8, 4) is 51.0 Å². The van der Waals surface area contributed by atoms with Crippen molar-refractivity contribution in [3.05, 3.63) is 229 Å². The van der Waals surface area contributed by atoms with Gasteiger partial charge < -0.3 is 4.57 Å². The molecular formula is C52H34N4. The standard InChI is InChI=1S/C52H34N4/c1-4-17-35(18-5-1)40-23-10-11-25-43(40)51-54-49(36-19-6-2-7-20-36)53-50(55-51)37-31-33-39(34-32-37)52(38-21-8-3-9-22-38)44-27-13-15-30-47(44)56-46-29-14-12-24-41(46)42-26-16-28-45(52)48(42)56/h1-34H.